The number of carbonyl (C=O) groups excluding carboxylic acids is 1. The normalized spacial score (nSPS) is 14.2. The van der Waals surface area contributed by atoms with E-state index in [-0.39, 0.29) is 11.2 Å². The van der Waals surface area contributed by atoms with E-state index >= 15 is 0 Å². The SMILES string of the molecule is O=C(NC1CC1)c1cc(Nc2nc(Cl)nn3cccc23)n[nH]1. The Kier molecular flexibility index (Phi) is 2.97. The Bertz CT molecular complexity index is 851. The zero-order valence-corrected chi connectivity index (χ0v) is 12.1. The van der Waals surface area contributed by atoms with Gasteiger partial charge in [-0.05, 0) is 36.6 Å². The first kappa shape index (κ1) is 13.1. The molecule has 4 rings (SSSR count). The molecular weight excluding hydrogens is 306 g/mol. The van der Waals surface area contributed by atoms with Gasteiger partial charge in [-0.1, -0.05) is 0 Å². The van der Waals surface area contributed by atoms with E-state index < -0.39 is 0 Å². The van der Waals surface area contributed by atoms with Crippen LogP contribution in [0.25, 0.3) is 5.52 Å². The van der Waals surface area contributed by atoms with E-state index in [1.807, 2.05) is 12.1 Å². The highest BCUT2D eigenvalue weighted by molar-refractivity contribution is 6.28. The molecule has 0 aliphatic heterocycles. The molecule has 0 saturated heterocycles. The van der Waals surface area contributed by atoms with Crippen molar-refractivity contribution in [3.63, 3.8) is 0 Å². The lowest BCUT2D eigenvalue weighted by Crippen LogP contribution is -2.25. The van der Waals surface area contributed by atoms with Gasteiger partial charge in [0.2, 0.25) is 5.28 Å². The van der Waals surface area contributed by atoms with Gasteiger partial charge in [0.15, 0.2) is 11.6 Å². The van der Waals surface area contributed by atoms with E-state index in [2.05, 4.69) is 30.9 Å². The van der Waals surface area contributed by atoms with Crippen LogP contribution in [0.2, 0.25) is 5.28 Å². The van der Waals surface area contributed by atoms with Crippen molar-refractivity contribution >= 4 is 34.7 Å². The molecular formula is C13H12ClN7O. The molecule has 3 aromatic heterocycles. The Morgan fingerprint density at radius 3 is 3.14 bits per heavy atom. The minimum atomic E-state index is -0.156. The molecule has 9 heteroatoms. The van der Waals surface area contributed by atoms with Crippen LogP contribution in [-0.4, -0.2) is 36.7 Å². The van der Waals surface area contributed by atoms with Crippen molar-refractivity contribution in [1.82, 2.24) is 30.1 Å². The molecule has 1 fully saturated rings. The van der Waals surface area contributed by atoms with Gasteiger partial charge in [-0.2, -0.15) is 10.1 Å². The van der Waals surface area contributed by atoms with Crippen LogP contribution in [0.5, 0.6) is 0 Å². The third kappa shape index (κ3) is 2.48. The standard InChI is InChI=1S/C13H12ClN7O/c14-13-17-11(9-2-1-5-21(9)20-13)16-10-6-8(18-19-10)12(22)15-7-3-4-7/h1-2,5-7H,3-4H2,(H,15,22)(H2,16,17,18,19,20). The number of amides is 1. The molecule has 1 amide bonds. The lowest BCUT2D eigenvalue weighted by Gasteiger charge is -2.04. The second-order valence-corrected chi connectivity index (χ2v) is 5.45. The molecule has 0 spiro atoms. The summed E-state index contributed by atoms with van der Waals surface area (Å²) in [6, 6.07) is 5.62. The third-order valence-corrected chi connectivity index (χ3v) is 3.51. The summed E-state index contributed by atoms with van der Waals surface area (Å²) in [7, 11) is 0. The highest BCUT2D eigenvalue weighted by atomic mass is 35.5. The fourth-order valence-corrected chi connectivity index (χ4v) is 2.28. The van der Waals surface area contributed by atoms with Crippen LogP contribution in [0.3, 0.4) is 0 Å². The number of aromatic amines is 1. The Hall–Kier alpha value is -2.61. The Balaban J connectivity index is 1.58. The van der Waals surface area contributed by atoms with Crippen molar-refractivity contribution < 1.29 is 4.79 Å². The second-order valence-electron chi connectivity index (χ2n) is 5.11. The van der Waals surface area contributed by atoms with E-state index in [4.69, 9.17) is 11.6 Å². The number of fused-ring (bicyclic) bond motifs is 1. The summed E-state index contributed by atoms with van der Waals surface area (Å²) in [5.74, 6) is 0.848. The minimum Gasteiger partial charge on any atom is -0.348 e. The lowest BCUT2D eigenvalue weighted by atomic mass is 10.4. The molecule has 3 N–H and O–H groups in total. The third-order valence-electron chi connectivity index (χ3n) is 3.35. The molecule has 0 unspecified atom stereocenters. The highest BCUT2D eigenvalue weighted by Crippen LogP contribution is 2.22. The predicted octanol–water partition coefficient (Wildman–Crippen LogP) is 1.74. The maximum atomic E-state index is 11.9. The Morgan fingerprint density at radius 1 is 1.45 bits per heavy atom. The smallest absolute Gasteiger partial charge is 0.269 e. The average molecular weight is 318 g/mol. The number of H-pyrrole nitrogens is 1. The molecule has 3 aromatic rings. The monoisotopic (exact) mass is 317 g/mol. The van der Waals surface area contributed by atoms with Gasteiger partial charge in [-0.3, -0.25) is 9.89 Å². The number of carbonyl (C=O) groups is 1. The maximum Gasteiger partial charge on any atom is 0.269 e. The van der Waals surface area contributed by atoms with Crippen LogP contribution in [-0.2, 0) is 0 Å². The van der Waals surface area contributed by atoms with Crippen molar-refractivity contribution in [3.8, 4) is 0 Å². The zero-order chi connectivity index (χ0) is 15.1. The summed E-state index contributed by atoms with van der Waals surface area (Å²) >= 11 is 5.89. The summed E-state index contributed by atoms with van der Waals surface area (Å²) < 4.78 is 1.62. The van der Waals surface area contributed by atoms with Crippen molar-refractivity contribution in [3.05, 3.63) is 35.4 Å². The summed E-state index contributed by atoms with van der Waals surface area (Å²) in [6.07, 6.45) is 3.85. The van der Waals surface area contributed by atoms with Gasteiger partial charge >= 0.3 is 0 Å². The van der Waals surface area contributed by atoms with Gasteiger partial charge < -0.3 is 10.6 Å². The second kappa shape index (κ2) is 4.99. The van der Waals surface area contributed by atoms with Crippen molar-refractivity contribution in [1.29, 1.82) is 0 Å². The Morgan fingerprint density at radius 2 is 2.32 bits per heavy atom. The largest absolute Gasteiger partial charge is 0.348 e. The van der Waals surface area contributed by atoms with Gasteiger partial charge in [-0.15, -0.1) is 5.10 Å². The molecule has 0 atom stereocenters. The molecule has 1 saturated carbocycles. The van der Waals surface area contributed by atoms with Crippen LogP contribution in [0.1, 0.15) is 23.3 Å². The molecule has 112 valence electrons. The number of anilines is 2. The topological polar surface area (TPSA) is 100 Å². The minimum absolute atomic E-state index is 0.119. The predicted molar refractivity (Wildman–Crippen MR) is 80.4 cm³/mol. The van der Waals surface area contributed by atoms with Crippen LogP contribution in [0.4, 0.5) is 11.6 Å². The number of hydrogen-bond donors (Lipinski definition) is 3. The van der Waals surface area contributed by atoms with Crippen LogP contribution >= 0.6 is 11.6 Å². The van der Waals surface area contributed by atoms with Gasteiger partial charge in [0.25, 0.3) is 5.91 Å². The number of halogens is 1. The van der Waals surface area contributed by atoms with Crippen LogP contribution < -0.4 is 10.6 Å². The summed E-state index contributed by atoms with van der Waals surface area (Å²) in [4.78, 5) is 16.1. The Labute approximate surface area is 129 Å². The number of hydrogen-bond acceptors (Lipinski definition) is 5. The molecule has 22 heavy (non-hydrogen) atoms. The fourth-order valence-electron chi connectivity index (χ4n) is 2.11. The molecule has 0 aromatic carbocycles. The molecule has 0 radical (unpaired) electrons. The van der Waals surface area contributed by atoms with Crippen LogP contribution in [0.15, 0.2) is 24.4 Å². The molecule has 8 nitrogen and oxygen atoms in total. The zero-order valence-electron chi connectivity index (χ0n) is 11.4. The molecule has 3 heterocycles. The molecule has 1 aliphatic rings. The average Bonchev–Trinajstić information content (AvgIpc) is 2.99. The van der Waals surface area contributed by atoms with E-state index in [9.17, 15) is 4.79 Å². The first-order chi connectivity index (χ1) is 10.7. The maximum absolute atomic E-state index is 11.9. The van der Waals surface area contributed by atoms with E-state index in [1.54, 1.807) is 16.8 Å². The van der Waals surface area contributed by atoms with E-state index in [0.717, 1.165) is 18.4 Å². The van der Waals surface area contributed by atoms with E-state index in [1.165, 1.54) is 0 Å². The first-order valence-corrected chi connectivity index (χ1v) is 7.21. The van der Waals surface area contributed by atoms with Crippen molar-refractivity contribution in [2.75, 3.05) is 5.32 Å². The summed E-state index contributed by atoms with van der Waals surface area (Å²) in [6.45, 7) is 0. The summed E-state index contributed by atoms with van der Waals surface area (Å²) in [5, 5.41) is 16.9. The van der Waals surface area contributed by atoms with Crippen molar-refractivity contribution in [2.24, 2.45) is 0 Å². The quantitative estimate of drug-likeness (QED) is 0.680. The lowest BCUT2D eigenvalue weighted by molar-refractivity contribution is 0.0946. The highest BCUT2D eigenvalue weighted by Gasteiger charge is 2.24. The molecule has 0 bridgehead atoms. The number of nitrogens with one attached hydrogen (secondary N) is 3. The van der Waals surface area contributed by atoms with Gasteiger partial charge in [0, 0.05) is 18.3 Å². The number of rotatable bonds is 4. The number of nitrogens with zero attached hydrogens (tertiary/aromatic N) is 4. The number of aromatic nitrogens is 5. The van der Waals surface area contributed by atoms with E-state index in [0.29, 0.717) is 23.4 Å². The molecule has 1 aliphatic carbocycles. The van der Waals surface area contributed by atoms with Crippen LogP contribution in [0, 0.1) is 0 Å². The first-order valence-electron chi connectivity index (χ1n) is 6.83. The fraction of sp³-hybridized carbons (Fsp3) is 0.231. The van der Waals surface area contributed by atoms with Gasteiger partial charge in [-0.25, -0.2) is 4.52 Å². The van der Waals surface area contributed by atoms with Crippen molar-refractivity contribution in [2.45, 2.75) is 18.9 Å². The van der Waals surface area contributed by atoms with Gasteiger partial charge in [0.1, 0.15) is 11.2 Å². The van der Waals surface area contributed by atoms with Gasteiger partial charge in [0.05, 0.1) is 0 Å². The summed E-state index contributed by atoms with van der Waals surface area (Å²) in [5.41, 5.74) is 1.16.